The fourth-order valence-corrected chi connectivity index (χ4v) is 2.17. The molecule has 0 fully saturated rings. The summed E-state index contributed by atoms with van der Waals surface area (Å²) in [5.74, 6) is -0.499. The minimum atomic E-state index is -4.85. The molecular formula is C18H15F3O4. The molecule has 0 bridgehead atoms. The normalized spacial score (nSPS) is 11.4. The fourth-order valence-electron chi connectivity index (χ4n) is 2.17. The zero-order chi connectivity index (χ0) is 18.4. The van der Waals surface area contributed by atoms with Crippen LogP contribution in [0.5, 0.6) is 11.5 Å². The van der Waals surface area contributed by atoms with Gasteiger partial charge in [-0.25, -0.2) is 4.79 Å². The summed E-state index contributed by atoms with van der Waals surface area (Å²) >= 11 is 0. The number of hydrogen-bond donors (Lipinski definition) is 0. The van der Waals surface area contributed by atoms with E-state index in [2.05, 4.69) is 9.47 Å². The quantitative estimate of drug-likeness (QED) is 0.589. The number of methoxy groups -OCH3 is 2. The SMILES string of the molecule is COC(=O)/C=C/c1c(OC(F)(F)F)cccc1-c1ccc(OC)cc1. The smallest absolute Gasteiger partial charge is 0.497 e. The van der Waals surface area contributed by atoms with Gasteiger partial charge in [0.25, 0.3) is 0 Å². The van der Waals surface area contributed by atoms with Gasteiger partial charge in [0, 0.05) is 11.6 Å². The molecule has 2 aromatic carbocycles. The number of hydrogen-bond acceptors (Lipinski definition) is 4. The number of carbonyl (C=O) groups is 1. The zero-order valence-electron chi connectivity index (χ0n) is 13.5. The van der Waals surface area contributed by atoms with E-state index >= 15 is 0 Å². The number of ether oxygens (including phenoxy) is 3. The number of halogens is 3. The summed E-state index contributed by atoms with van der Waals surface area (Å²) in [4.78, 5) is 11.3. The van der Waals surface area contributed by atoms with E-state index in [1.165, 1.54) is 32.4 Å². The van der Waals surface area contributed by atoms with Crippen LogP contribution in [0.25, 0.3) is 17.2 Å². The van der Waals surface area contributed by atoms with Crippen LogP contribution in [0, 0.1) is 0 Å². The topological polar surface area (TPSA) is 44.8 Å². The summed E-state index contributed by atoms with van der Waals surface area (Å²) in [7, 11) is 2.69. The third-order valence-electron chi connectivity index (χ3n) is 3.28. The molecule has 0 unspecified atom stereocenters. The highest BCUT2D eigenvalue weighted by atomic mass is 19.4. The van der Waals surface area contributed by atoms with Gasteiger partial charge >= 0.3 is 12.3 Å². The maximum absolute atomic E-state index is 12.7. The second-order valence-corrected chi connectivity index (χ2v) is 4.85. The third kappa shape index (κ3) is 5.00. The Hall–Kier alpha value is -2.96. The molecule has 4 nitrogen and oxygen atoms in total. The van der Waals surface area contributed by atoms with Crippen LogP contribution in [0.1, 0.15) is 5.56 Å². The molecule has 0 amide bonds. The average Bonchev–Trinajstić information content (AvgIpc) is 2.59. The molecular weight excluding hydrogens is 337 g/mol. The number of carbonyl (C=O) groups excluding carboxylic acids is 1. The molecule has 0 radical (unpaired) electrons. The molecule has 2 rings (SSSR count). The van der Waals surface area contributed by atoms with E-state index in [0.717, 1.165) is 6.08 Å². The molecule has 0 atom stereocenters. The van der Waals surface area contributed by atoms with Gasteiger partial charge in [-0.3, -0.25) is 0 Å². The van der Waals surface area contributed by atoms with Crippen LogP contribution < -0.4 is 9.47 Å². The van der Waals surface area contributed by atoms with Gasteiger partial charge < -0.3 is 14.2 Å². The van der Waals surface area contributed by atoms with Crippen LogP contribution in [0.2, 0.25) is 0 Å². The Bertz CT molecular complexity index is 765. The Morgan fingerprint density at radius 3 is 2.28 bits per heavy atom. The van der Waals surface area contributed by atoms with Gasteiger partial charge in [-0.2, -0.15) is 0 Å². The summed E-state index contributed by atoms with van der Waals surface area (Å²) in [6.07, 6.45) is -2.59. The van der Waals surface area contributed by atoms with Gasteiger partial charge in [-0.05, 0) is 35.4 Å². The van der Waals surface area contributed by atoms with Gasteiger partial charge in [0.1, 0.15) is 11.5 Å². The molecule has 0 aliphatic heterocycles. The average molecular weight is 352 g/mol. The van der Waals surface area contributed by atoms with Crippen molar-refractivity contribution in [2.75, 3.05) is 14.2 Å². The highest BCUT2D eigenvalue weighted by Gasteiger charge is 2.32. The van der Waals surface area contributed by atoms with Crippen molar-refractivity contribution in [3.63, 3.8) is 0 Å². The molecule has 0 N–H and O–H groups in total. The summed E-state index contributed by atoms with van der Waals surface area (Å²) in [6.45, 7) is 0. The van der Waals surface area contributed by atoms with Crippen molar-refractivity contribution in [2.24, 2.45) is 0 Å². The molecule has 0 aromatic heterocycles. The van der Waals surface area contributed by atoms with Crippen LogP contribution in [0.4, 0.5) is 13.2 Å². The second kappa shape index (κ2) is 7.74. The lowest BCUT2D eigenvalue weighted by Crippen LogP contribution is -2.18. The van der Waals surface area contributed by atoms with Crippen LogP contribution >= 0.6 is 0 Å². The Labute approximate surface area is 142 Å². The lowest BCUT2D eigenvalue weighted by Gasteiger charge is -2.15. The van der Waals surface area contributed by atoms with Crippen molar-refractivity contribution in [3.05, 3.63) is 54.1 Å². The van der Waals surface area contributed by atoms with Gasteiger partial charge in [0.05, 0.1) is 14.2 Å². The van der Waals surface area contributed by atoms with E-state index in [1.807, 2.05) is 0 Å². The molecule has 25 heavy (non-hydrogen) atoms. The van der Waals surface area contributed by atoms with Crippen molar-refractivity contribution in [1.29, 1.82) is 0 Å². The van der Waals surface area contributed by atoms with Crippen LogP contribution in [-0.2, 0) is 9.53 Å². The maximum atomic E-state index is 12.7. The summed E-state index contributed by atoms with van der Waals surface area (Å²) in [5, 5.41) is 0. The monoisotopic (exact) mass is 352 g/mol. The second-order valence-electron chi connectivity index (χ2n) is 4.85. The standard InChI is InChI=1S/C18H15F3O4/c1-23-13-8-6-12(7-9-13)14-4-3-5-16(25-18(19,20)21)15(14)10-11-17(22)24-2/h3-11H,1-2H3/b11-10+. The van der Waals surface area contributed by atoms with E-state index < -0.39 is 18.1 Å². The minimum Gasteiger partial charge on any atom is -0.497 e. The van der Waals surface area contributed by atoms with Crippen molar-refractivity contribution < 1.29 is 32.2 Å². The summed E-state index contributed by atoms with van der Waals surface area (Å²) < 4.78 is 51.6. The van der Waals surface area contributed by atoms with Gasteiger partial charge in [0.15, 0.2) is 0 Å². The highest BCUT2D eigenvalue weighted by molar-refractivity contribution is 5.90. The number of rotatable bonds is 5. The number of esters is 1. The molecule has 0 saturated carbocycles. The van der Waals surface area contributed by atoms with E-state index in [1.54, 1.807) is 30.3 Å². The van der Waals surface area contributed by atoms with E-state index in [4.69, 9.17) is 4.74 Å². The first-order chi connectivity index (χ1) is 11.8. The minimum absolute atomic E-state index is 0.107. The predicted molar refractivity (Wildman–Crippen MR) is 86.2 cm³/mol. The molecule has 0 saturated heterocycles. The zero-order valence-corrected chi connectivity index (χ0v) is 13.5. The number of benzene rings is 2. The Morgan fingerprint density at radius 2 is 1.72 bits per heavy atom. The largest absolute Gasteiger partial charge is 0.573 e. The molecule has 0 aliphatic carbocycles. The Balaban J connectivity index is 2.55. The highest BCUT2D eigenvalue weighted by Crippen LogP contribution is 2.35. The maximum Gasteiger partial charge on any atom is 0.573 e. The van der Waals surface area contributed by atoms with E-state index in [0.29, 0.717) is 16.9 Å². The first-order valence-electron chi connectivity index (χ1n) is 7.13. The third-order valence-corrected chi connectivity index (χ3v) is 3.28. The van der Waals surface area contributed by atoms with Gasteiger partial charge in [-0.15, -0.1) is 13.2 Å². The molecule has 0 aliphatic rings. The Kier molecular flexibility index (Phi) is 5.69. The van der Waals surface area contributed by atoms with Gasteiger partial charge in [-0.1, -0.05) is 24.3 Å². The van der Waals surface area contributed by atoms with Crippen molar-refractivity contribution in [3.8, 4) is 22.6 Å². The summed E-state index contributed by atoms with van der Waals surface area (Å²) in [5.41, 5.74) is 1.21. The van der Waals surface area contributed by atoms with Gasteiger partial charge in [0.2, 0.25) is 0 Å². The number of alkyl halides is 3. The van der Waals surface area contributed by atoms with Crippen molar-refractivity contribution in [2.45, 2.75) is 6.36 Å². The Morgan fingerprint density at radius 1 is 1.04 bits per heavy atom. The lowest BCUT2D eigenvalue weighted by atomic mass is 9.98. The van der Waals surface area contributed by atoms with E-state index in [-0.39, 0.29) is 5.56 Å². The summed E-state index contributed by atoms with van der Waals surface area (Å²) in [6, 6.07) is 11.0. The van der Waals surface area contributed by atoms with Crippen LogP contribution in [0.3, 0.4) is 0 Å². The van der Waals surface area contributed by atoms with Crippen molar-refractivity contribution in [1.82, 2.24) is 0 Å². The fraction of sp³-hybridized carbons (Fsp3) is 0.167. The van der Waals surface area contributed by atoms with Crippen LogP contribution in [0.15, 0.2) is 48.5 Å². The first-order valence-corrected chi connectivity index (χ1v) is 7.13. The van der Waals surface area contributed by atoms with Crippen molar-refractivity contribution >= 4 is 12.0 Å². The van der Waals surface area contributed by atoms with E-state index in [9.17, 15) is 18.0 Å². The molecule has 0 heterocycles. The van der Waals surface area contributed by atoms with Crippen LogP contribution in [-0.4, -0.2) is 26.6 Å². The molecule has 0 spiro atoms. The molecule has 7 heteroatoms. The predicted octanol–water partition coefficient (Wildman–Crippen LogP) is 4.45. The first kappa shape index (κ1) is 18.4. The molecule has 2 aromatic rings. The lowest BCUT2D eigenvalue weighted by molar-refractivity contribution is -0.274. The molecule has 132 valence electrons.